The Balaban J connectivity index is 1.90. The molecule has 0 atom stereocenters. The first kappa shape index (κ1) is 12.8. The number of hydrogen-bond acceptors (Lipinski definition) is 5. The molecule has 2 rings (SSSR count). The molecule has 0 aliphatic heterocycles. The van der Waals surface area contributed by atoms with Gasteiger partial charge in [0.1, 0.15) is 5.60 Å². The van der Waals surface area contributed by atoms with Crippen molar-refractivity contribution in [2.24, 2.45) is 5.92 Å². The van der Waals surface area contributed by atoms with E-state index < -0.39 is 11.7 Å². The van der Waals surface area contributed by atoms with Crippen molar-refractivity contribution in [2.45, 2.75) is 39.2 Å². The van der Waals surface area contributed by atoms with Crippen LogP contribution in [0.4, 0.5) is 9.93 Å². The molecule has 5 nitrogen and oxygen atoms in total. The van der Waals surface area contributed by atoms with Crippen molar-refractivity contribution in [3.05, 3.63) is 5.01 Å². The highest BCUT2D eigenvalue weighted by Gasteiger charge is 2.19. The summed E-state index contributed by atoms with van der Waals surface area (Å²) in [6.45, 7) is 5.41. The quantitative estimate of drug-likeness (QED) is 0.793. The average molecular weight is 265 g/mol. The first-order chi connectivity index (χ1) is 8.42. The highest BCUT2D eigenvalue weighted by molar-refractivity contribution is 7.15. The number of carbonyl (C=O) groups excluding carboxylic acids is 1. The fraction of sp³-hybridized carbons (Fsp3) is 0.583. The lowest BCUT2D eigenvalue weighted by atomic mass is 10.2. The number of rotatable bonds is 1. The van der Waals surface area contributed by atoms with E-state index in [-0.39, 0.29) is 0 Å². The highest BCUT2D eigenvalue weighted by Crippen LogP contribution is 2.27. The second kappa shape index (κ2) is 4.94. The highest BCUT2D eigenvalue weighted by atomic mass is 32.1. The van der Waals surface area contributed by atoms with Crippen molar-refractivity contribution in [2.75, 3.05) is 5.32 Å². The monoisotopic (exact) mass is 265 g/mol. The number of anilines is 1. The zero-order valence-electron chi connectivity index (χ0n) is 10.6. The Morgan fingerprint density at radius 2 is 2.17 bits per heavy atom. The van der Waals surface area contributed by atoms with E-state index in [1.165, 1.54) is 24.2 Å². The SMILES string of the molecule is CC(C)(C)OC(=O)Nc1nnc(C#CC2CC2)s1. The Kier molecular flexibility index (Phi) is 3.53. The molecule has 1 saturated carbocycles. The number of ether oxygens (including phenoxy) is 1. The van der Waals surface area contributed by atoms with Crippen molar-refractivity contribution in [3.8, 4) is 11.8 Å². The summed E-state index contributed by atoms with van der Waals surface area (Å²) in [4.78, 5) is 11.5. The molecular weight excluding hydrogens is 250 g/mol. The van der Waals surface area contributed by atoms with Crippen molar-refractivity contribution >= 4 is 22.6 Å². The lowest BCUT2D eigenvalue weighted by Crippen LogP contribution is -2.27. The van der Waals surface area contributed by atoms with Crippen LogP contribution < -0.4 is 5.32 Å². The second-order valence-electron chi connectivity index (χ2n) is 5.08. The Hall–Kier alpha value is -1.61. The van der Waals surface area contributed by atoms with Crippen LogP contribution in [0.2, 0.25) is 0 Å². The molecule has 1 fully saturated rings. The zero-order valence-corrected chi connectivity index (χ0v) is 11.4. The number of nitrogens with one attached hydrogen (secondary N) is 1. The summed E-state index contributed by atoms with van der Waals surface area (Å²) in [6.07, 6.45) is 1.82. The number of hydrogen-bond donors (Lipinski definition) is 1. The molecule has 1 heterocycles. The summed E-state index contributed by atoms with van der Waals surface area (Å²) < 4.78 is 5.11. The Morgan fingerprint density at radius 3 is 2.78 bits per heavy atom. The van der Waals surface area contributed by atoms with Gasteiger partial charge >= 0.3 is 6.09 Å². The van der Waals surface area contributed by atoms with E-state index in [1.54, 1.807) is 20.8 Å². The summed E-state index contributed by atoms with van der Waals surface area (Å²) in [6, 6.07) is 0. The molecule has 1 aliphatic rings. The lowest BCUT2D eigenvalue weighted by molar-refractivity contribution is 0.0636. The van der Waals surface area contributed by atoms with Crippen molar-refractivity contribution in [1.82, 2.24) is 10.2 Å². The van der Waals surface area contributed by atoms with Crippen molar-refractivity contribution in [3.63, 3.8) is 0 Å². The summed E-state index contributed by atoms with van der Waals surface area (Å²) >= 11 is 1.25. The maximum Gasteiger partial charge on any atom is 0.414 e. The van der Waals surface area contributed by atoms with Crippen LogP contribution in [-0.2, 0) is 4.74 Å². The Bertz CT molecular complexity index is 503. The van der Waals surface area contributed by atoms with Gasteiger partial charge in [0.2, 0.25) is 5.13 Å². The van der Waals surface area contributed by atoms with Gasteiger partial charge < -0.3 is 4.74 Å². The third-order valence-corrected chi connectivity index (χ3v) is 2.75. The fourth-order valence-electron chi connectivity index (χ4n) is 1.11. The maximum absolute atomic E-state index is 11.5. The van der Waals surface area contributed by atoms with E-state index in [2.05, 4.69) is 27.4 Å². The lowest BCUT2D eigenvalue weighted by Gasteiger charge is -2.18. The topological polar surface area (TPSA) is 64.1 Å². The van der Waals surface area contributed by atoms with Gasteiger partial charge in [0.25, 0.3) is 0 Å². The zero-order chi connectivity index (χ0) is 13.2. The number of amides is 1. The molecule has 1 amide bonds. The molecule has 6 heteroatoms. The molecule has 1 N–H and O–H groups in total. The van der Waals surface area contributed by atoms with Crippen LogP contribution in [0.3, 0.4) is 0 Å². The molecule has 0 unspecified atom stereocenters. The van der Waals surface area contributed by atoms with Gasteiger partial charge in [-0.1, -0.05) is 17.3 Å². The minimum atomic E-state index is -0.527. The first-order valence-corrected chi connectivity index (χ1v) is 6.59. The minimum Gasteiger partial charge on any atom is -0.444 e. The van der Waals surface area contributed by atoms with Crippen LogP contribution in [0.5, 0.6) is 0 Å². The maximum atomic E-state index is 11.5. The normalized spacial score (nSPS) is 14.6. The summed E-state index contributed by atoms with van der Waals surface area (Å²) in [7, 11) is 0. The Labute approximate surface area is 110 Å². The average Bonchev–Trinajstić information content (AvgIpc) is 2.94. The molecule has 0 saturated heterocycles. The van der Waals surface area contributed by atoms with E-state index in [0.29, 0.717) is 16.1 Å². The molecule has 0 bridgehead atoms. The summed E-state index contributed by atoms with van der Waals surface area (Å²) in [5.74, 6) is 6.57. The van der Waals surface area contributed by atoms with Gasteiger partial charge in [0, 0.05) is 5.92 Å². The third kappa shape index (κ3) is 4.34. The second-order valence-corrected chi connectivity index (χ2v) is 6.06. The molecular formula is C12H15N3O2S. The van der Waals surface area contributed by atoms with Gasteiger partial charge in [0.15, 0.2) is 5.01 Å². The summed E-state index contributed by atoms with van der Waals surface area (Å²) in [5, 5.41) is 11.3. The largest absolute Gasteiger partial charge is 0.444 e. The van der Waals surface area contributed by atoms with E-state index in [9.17, 15) is 4.79 Å². The first-order valence-electron chi connectivity index (χ1n) is 5.77. The van der Waals surface area contributed by atoms with Gasteiger partial charge in [-0.05, 0) is 39.5 Å². The molecule has 0 radical (unpaired) electrons. The predicted octanol–water partition coefficient (Wildman–Crippen LogP) is 2.65. The predicted molar refractivity (Wildman–Crippen MR) is 69.4 cm³/mol. The van der Waals surface area contributed by atoms with Gasteiger partial charge in [0.05, 0.1) is 0 Å². The molecule has 18 heavy (non-hydrogen) atoms. The van der Waals surface area contributed by atoms with Gasteiger partial charge in [-0.2, -0.15) is 0 Å². The van der Waals surface area contributed by atoms with Crippen molar-refractivity contribution < 1.29 is 9.53 Å². The third-order valence-electron chi connectivity index (χ3n) is 1.99. The molecule has 1 aromatic heterocycles. The van der Waals surface area contributed by atoms with E-state index in [4.69, 9.17) is 4.74 Å². The van der Waals surface area contributed by atoms with Gasteiger partial charge in [-0.3, -0.25) is 5.32 Å². The van der Waals surface area contributed by atoms with Crippen LogP contribution in [0, 0.1) is 17.8 Å². The number of nitrogens with zero attached hydrogens (tertiary/aromatic N) is 2. The van der Waals surface area contributed by atoms with Crippen molar-refractivity contribution in [1.29, 1.82) is 0 Å². The van der Waals surface area contributed by atoms with E-state index in [0.717, 1.165) is 0 Å². The molecule has 0 spiro atoms. The minimum absolute atomic E-state index is 0.407. The van der Waals surface area contributed by atoms with E-state index in [1.807, 2.05) is 0 Å². The van der Waals surface area contributed by atoms with Crippen LogP contribution in [0.15, 0.2) is 0 Å². The van der Waals surface area contributed by atoms with Gasteiger partial charge in [-0.25, -0.2) is 4.79 Å². The Morgan fingerprint density at radius 1 is 1.44 bits per heavy atom. The van der Waals surface area contributed by atoms with Crippen LogP contribution in [-0.4, -0.2) is 21.9 Å². The molecule has 0 aromatic carbocycles. The van der Waals surface area contributed by atoms with E-state index >= 15 is 0 Å². The number of aromatic nitrogens is 2. The summed E-state index contributed by atoms with van der Waals surface area (Å²) in [5.41, 5.74) is -0.524. The molecule has 96 valence electrons. The fourth-order valence-corrected chi connectivity index (χ4v) is 1.70. The van der Waals surface area contributed by atoms with Crippen LogP contribution in [0.1, 0.15) is 38.6 Å². The number of carbonyl (C=O) groups is 1. The van der Waals surface area contributed by atoms with Gasteiger partial charge in [-0.15, -0.1) is 10.2 Å². The molecule has 1 aliphatic carbocycles. The van der Waals surface area contributed by atoms with Crippen LogP contribution >= 0.6 is 11.3 Å². The smallest absolute Gasteiger partial charge is 0.414 e. The van der Waals surface area contributed by atoms with Crippen LogP contribution in [0.25, 0.3) is 0 Å². The standard InChI is InChI=1S/C12H15N3O2S/c1-12(2,3)17-11(16)13-10-15-14-9(18-10)7-6-8-4-5-8/h8H,4-5H2,1-3H3,(H,13,15,16). The molecule has 1 aromatic rings.